The number of anilines is 1. The predicted octanol–water partition coefficient (Wildman–Crippen LogP) is 3.32. The van der Waals surface area contributed by atoms with Crippen molar-refractivity contribution < 1.29 is 14.4 Å². The molecule has 0 amide bonds. The number of ether oxygens (including phenoxy) is 2. The molecule has 0 aromatic heterocycles. The third-order valence-electron chi connectivity index (χ3n) is 4.72. The summed E-state index contributed by atoms with van der Waals surface area (Å²) in [5.41, 5.74) is 2.06. The van der Waals surface area contributed by atoms with Gasteiger partial charge in [0.1, 0.15) is 5.75 Å². The lowest BCUT2D eigenvalue weighted by molar-refractivity contribution is -0.385. The van der Waals surface area contributed by atoms with Crippen LogP contribution in [0.1, 0.15) is 12.5 Å². The van der Waals surface area contributed by atoms with Crippen molar-refractivity contribution in [1.29, 1.82) is 0 Å². The molecule has 1 heterocycles. The van der Waals surface area contributed by atoms with Crippen molar-refractivity contribution in [3.8, 4) is 11.5 Å². The Labute approximate surface area is 159 Å². The Kier molecular flexibility index (Phi) is 6.13. The molecule has 3 rings (SSSR count). The van der Waals surface area contributed by atoms with Crippen molar-refractivity contribution in [3.63, 3.8) is 0 Å². The minimum absolute atomic E-state index is 0.0132. The standard InChI is InChI=1S/C20H25N3O4/c1-3-27-20-7-5-4-6-17(20)22-12-10-21(11-13-22)15-16-8-9-19(26-2)18(14-16)23(24)25/h4-9,14H,3,10-13,15H2,1-2H3. The highest BCUT2D eigenvalue weighted by atomic mass is 16.6. The van der Waals surface area contributed by atoms with Crippen molar-refractivity contribution in [2.75, 3.05) is 44.8 Å². The first-order chi connectivity index (χ1) is 13.1. The summed E-state index contributed by atoms with van der Waals surface area (Å²) < 4.78 is 10.8. The number of nitro groups is 1. The number of hydrogen-bond acceptors (Lipinski definition) is 6. The number of benzene rings is 2. The van der Waals surface area contributed by atoms with Crippen LogP contribution in [-0.4, -0.2) is 49.7 Å². The van der Waals surface area contributed by atoms with E-state index in [1.54, 1.807) is 12.1 Å². The van der Waals surface area contributed by atoms with Gasteiger partial charge in [-0.15, -0.1) is 0 Å². The van der Waals surface area contributed by atoms with E-state index in [1.165, 1.54) is 7.11 Å². The Hall–Kier alpha value is -2.80. The number of nitrogens with zero attached hydrogens (tertiary/aromatic N) is 3. The molecular formula is C20H25N3O4. The van der Waals surface area contributed by atoms with Gasteiger partial charge in [-0.05, 0) is 30.7 Å². The van der Waals surface area contributed by atoms with Gasteiger partial charge in [-0.2, -0.15) is 0 Å². The van der Waals surface area contributed by atoms with Gasteiger partial charge >= 0.3 is 5.69 Å². The van der Waals surface area contributed by atoms with E-state index in [0.717, 1.165) is 43.2 Å². The number of piperazine rings is 1. The molecule has 1 fully saturated rings. The maximum atomic E-state index is 11.2. The van der Waals surface area contributed by atoms with Gasteiger partial charge in [0.25, 0.3) is 0 Å². The molecular weight excluding hydrogens is 346 g/mol. The van der Waals surface area contributed by atoms with E-state index in [0.29, 0.717) is 18.9 Å². The van der Waals surface area contributed by atoms with Crippen LogP contribution >= 0.6 is 0 Å². The third-order valence-corrected chi connectivity index (χ3v) is 4.72. The van der Waals surface area contributed by atoms with Gasteiger partial charge < -0.3 is 14.4 Å². The van der Waals surface area contributed by atoms with Gasteiger partial charge in [0.05, 0.1) is 24.3 Å². The maximum Gasteiger partial charge on any atom is 0.311 e. The van der Waals surface area contributed by atoms with E-state index in [-0.39, 0.29) is 5.69 Å². The molecule has 1 aliphatic heterocycles. The second-order valence-corrected chi connectivity index (χ2v) is 6.43. The molecule has 7 heteroatoms. The van der Waals surface area contributed by atoms with Crippen molar-refractivity contribution in [1.82, 2.24) is 4.90 Å². The lowest BCUT2D eigenvalue weighted by Gasteiger charge is -2.36. The SMILES string of the molecule is CCOc1ccccc1N1CCN(Cc2ccc(OC)c([N+](=O)[O-])c2)CC1. The molecule has 0 bridgehead atoms. The number of para-hydroxylation sites is 2. The predicted molar refractivity (Wildman–Crippen MR) is 105 cm³/mol. The molecule has 0 aliphatic carbocycles. The monoisotopic (exact) mass is 371 g/mol. The summed E-state index contributed by atoms with van der Waals surface area (Å²) in [5, 5.41) is 11.2. The highest BCUT2D eigenvalue weighted by Crippen LogP contribution is 2.30. The van der Waals surface area contributed by atoms with Crippen LogP contribution in [0.3, 0.4) is 0 Å². The van der Waals surface area contributed by atoms with E-state index in [9.17, 15) is 10.1 Å². The fourth-order valence-corrected chi connectivity index (χ4v) is 3.38. The van der Waals surface area contributed by atoms with Crippen molar-refractivity contribution in [3.05, 3.63) is 58.1 Å². The number of nitro benzene ring substituents is 1. The van der Waals surface area contributed by atoms with Crippen LogP contribution in [0.4, 0.5) is 11.4 Å². The molecule has 1 saturated heterocycles. The molecule has 27 heavy (non-hydrogen) atoms. The van der Waals surface area contributed by atoms with E-state index >= 15 is 0 Å². The fourth-order valence-electron chi connectivity index (χ4n) is 3.38. The first-order valence-corrected chi connectivity index (χ1v) is 9.12. The summed E-state index contributed by atoms with van der Waals surface area (Å²) in [7, 11) is 1.45. The number of methoxy groups -OCH3 is 1. The van der Waals surface area contributed by atoms with E-state index < -0.39 is 4.92 Å². The summed E-state index contributed by atoms with van der Waals surface area (Å²) in [6.07, 6.45) is 0. The molecule has 2 aromatic carbocycles. The van der Waals surface area contributed by atoms with E-state index in [2.05, 4.69) is 15.9 Å². The summed E-state index contributed by atoms with van der Waals surface area (Å²) in [6.45, 7) is 6.88. The number of hydrogen-bond donors (Lipinski definition) is 0. The smallest absolute Gasteiger partial charge is 0.311 e. The quantitative estimate of drug-likeness (QED) is 0.549. The van der Waals surface area contributed by atoms with Crippen molar-refractivity contribution in [2.45, 2.75) is 13.5 Å². The van der Waals surface area contributed by atoms with Crippen LogP contribution in [0.5, 0.6) is 11.5 Å². The van der Waals surface area contributed by atoms with Gasteiger partial charge in [-0.1, -0.05) is 18.2 Å². The Balaban J connectivity index is 1.63. The summed E-state index contributed by atoms with van der Waals surface area (Å²) in [4.78, 5) is 15.4. The van der Waals surface area contributed by atoms with Crippen LogP contribution in [0.25, 0.3) is 0 Å². The Morgan fingerprint density at radius 1 is 1.07 bits per heavy atom. The molecule has 2 aromatic rings. The molecule has 144 valence electrons. The van der Waals surface area contributed by atoms with Crippen LogP contribution in [-0.2, 0) is 6.54 Å². The van der Waals surface area contributed by atoms with Crippen LogP contribution in [0.2, 0.25) is 0 Å². The van der Waals surface area contributed by atoms with Gasteiger partial charge in [-0.25, -0.2) is 0 Å². The molecule has 0 spiro atoms. The minimum atomic E-state index is -0.398. The van der Waals surface area contributed by atoms with Gasteiger partial charge in [0.15, 0.2) is 5.75 Å². The molecule has 0 unspecified atom stereocenters. The second kappa shape index (κ2) is 8.73. The molecule has 0 saturated carbocycles. The summed E-state index contributed by atoms with van der Waals surface area (Å²) >= 11 is 0. The minimum Gasteiger partial charge on any atom is -0.492 e. The first kappa shape index (κ1) is 19.0. The molecule has 1 aliphatic rings. The average molecular weight is 371 g/mol. The van der Waals surface area contributed by atoms with Gasteiger partial charge in [-0.3, -0.25) is 15.0 Å². The summed E-state index contributed by atoms with van der Waals surface area (Å²) in [6, 6.07) is 13.3. The van der Waals surface area contributed by atoms with Gasteiger partial charge in [0.2, 0.25) is 0 Å². The lowest BCUT2D eigenvalue weighted by Crippen LogP contribution is -2.46. The highest BCUT2D eigenvalue weighted by Gasteiger charge is 2.21. The van der Waals surface area contributed by atoms with Crippen molar-refractivity contribution in [2.24, 2.45) is 0 Å². The lowest BCUT2D eigenvalue weighted by atomic mass is 10.1. The van der Waals surface area contributed by atoms with E-state index in [4.69, 9.17) is 9.47 Å². The third kappa shape index (κ3) is 4.49. The van der Waals surface area contributed by atoms with Gasteiger partial charge in [0, 0.05) is 38.8 Å². The average Bonchev–Trinajstić information content (AvgIpc) is 2.69. The molecule has 7 nitrogen and oxygen atoms in total. The highest BCUT2D eigenvalue weighted by molar-refractivity contribution is 5.58. The number of rotatable bonds is 7. The zero-order valence-electron chi connectivity index (χ0n) is 15.8. The second-order valence-electron chi connectivity index (χ2n) is 6.43. The molecule has 0 radical (unpaired) electrons. The first-order valence-electron chi connectivity index (χ1n) is 9.12. The zero-order chi connectivity index (χ0) is 19.2. The normalized spacial score (nSPS) is 14.8. The zero-order valence-corrected chi connectivity index (χ0v) is 15.8. The van der Waals surface area contributed by atoms with Crippen molar-refractivity contribution >= 4 is 11.4 Å². The molecule has 0 N–H and O–H groups in total. The fraction of sp³-hybridized carbons (Fsp3) is 0.400. The Morgan fingerprint density at radius 3 is 2.48 bits per heavy atom. The van der Waals surface area contributed by atoms with Crippen LogP contribution in [0, 0.1) is 10.1 Å². The summed E-state index contributed by atoms with van der Waals surface area (Å²) in [5.74, 6) is 1.21. The van der Waals surface area contributed by atoms with Crippen LogP contribution < -0.4 is 14.4 Å². The molecule has 0 atom stereocenters. The maximum absolute atomic E-state index is 11.2. The largest absolute Gasteiger partial charge is 0.492 e. The van der Waals surface area contributed by atoms with E-state index in [1.807, 2.05) is 31.2 Å². The Morgan fingerprint density at radius 2 is 1.81 bits per heavy atom. The Bertz CT molecular complexity index is 789. The topological polar surface area (TPSA) is 68.1 Å². The van der Waals surface area contributed by atoms with Crippen LogP contribution in [0.15, 0.2) is 42.5 Å².